The zero-order valence-electron chi connectivity index (χ0n) is 11.2. The first-order chi connectivity index (χ1) is 9.79. The topological polar surface area (TPSA) is 29.5 Å². The SMILES string of the molecule is COc1ccc(N2C(=O)CS[C@H]2c2ccccc2)cc1. The Kier molecular flexibility index (Phi) is 3.65. The normalized spacial score (nSPS) is 18.4. The minimum Gasteiger partial charge on any atom is -0.497 e. The van der Waals surface area contributed by atoms with E-state index in [9.17, 15) is 4.79 Å². The lowest BCUT2D eigenvalue weighted by molar-refractivity contribution is -0.115. The lowest BCUT2D eigenvalue weighted by Gasteiger charge is -2.24. The van der Waals surface area contributed by atoms with Gasteiger partial charge in [-0.25, -0.2) is 0 Å². The Morgan fingerprint density at radius 1 is 1.10 bits per heavy atom. The lowest BCUT2D eigenvalue weighted by Crippen LogP contribution is -2.27. The van der Waals surface area contributed by atoms with Crippen molar-refractivity contribution in [3.05, 3.63) is 60.2 Å². The van der Waals surface area contributed by atoms with Crippen LogP contribution >= 0.6 is 11.8 Å². The van der Waals surface area contributed by atoms with Crippen LogP contribution in [0.15, 0.2) is 54.6 Å². The van der Waals surface area contributed by atoms with Crippen molar-refractivity contribution in [1.29, 1.82) is 0 Å². The molecule has 0 N–H and O–H groups in total. The van der Waals surface area contributed by atoms with E-state index in [0.717, 1.165) is 17.0 Å². The lowest BCUT2D eigenvalue weighted by atomic mass is 10.2. The summed E-state index contributed by atoms with van der Waals surface area (Å²) in [6.45, 7) is 0. The number of rotatable bonds is 3. The molecular formula is C16H15NO2S. The van der Waals surface area contributed by atoms with Crippen molar-refractivity contribution < 1.29 is 9.53 Å². The molecule has 0 spiro atoms. The Hall–Kier alpha value is -1.94. The number of nitrogens with zero attached hydrogens (tertiary/aromatic N) is 1. The first kappa shape index (κ1) is 13.1. The maximum Gasteiger partial charge on any atom is 0.238 e. The van der Waals surface area contributed by atoms with E-state index in [1.54, 1.807) is 18.9 Å². The van der Waals surface area contributed by atoms with E-state index in [4.69, 9.17) is 4.74 Å². The van der Waals surface area contributed by atoms with Crippen LogP contribution in [0.2, 0.25) is 0 Å². The predicted octanol–water partition coefficient (Wildman–Crippen LogP) is 3.47. The van der Waals surface area contributed by atoms with E-state index in [2.05, 4.69) is 12.1 Å². The van der Waals surface area contributed by atoms with Crippen LogP contribution in [0, 0.1) is 0 Å². The molecule has 3 rings (SSSR count). The standard InChI is InChI=1S/C16H15NO2S/c1-19-14-9-7-13(8-10-14)17-15(18)11-20-16(17)12-5-3-2-4-6-12/h2-10,16H,11H2,1H3/t16-/m0/s1. The third-order valence-electron chi connectivity index (χ3n) is 3.30. The Balaban J connectivity index is 1.94. The number of benzene rings is 2. The van der Waals surface area contributed by atoms with E-state index in [1.165, 1.54) is 0 Å². The van der Waals surface area contributed by atoms with Gasteiger partial charge in [-0.05, 0) is 29.8 Å². The molecule has 3 nitrogen and oxygen atoms in total. The quantitative estimate of drug-likeness (QED) is 0.864. The molecule has 2 aromatic carbocycles. The first-order valence-corrected chi connectivity index (χ1v) is 7.47. The van der Waals surface area contributed by atoms with Crippen molar-refractivity contribution >= 4 is 23.4 Å². The van der Waals surface area contributed by atoms with E-state index >= 15 is 0 Å². The van der Waals surface area contributed by atoms with Crippen molar-refractivity contribution in [2.75, 3.05) is 17.8 Å². The molecule has 0 aromatic heterocycles. The molecule has 1 heterocycles. The van der Waals surface area contributed by atoms with E-state index < -0.39 is 0 Å². The van der Waals surface area contributed by atoms with Crippen molar-refractivity contribution in [1.82, 2.24) is 0 Å². The summed E-state index contributed by atoms with van der Waals surface area (Å²) in [5.41, 5.74) is 2.06. The molecule has 1 atom stereocenters. The van der Waals surface area contributed by atoms with Gasteiger partial charge in [-0.1, -0.05) is 30.3 Å². The third-order valence-corrected chi connectivity index (χ3v) is 4.52. The van der Waals surface area contributed by atoms with Gasteiger partial charge in [-0.3, -0.25) is 9.69 Å². The summed E-state index contributed by atoms with van der Waals surface area (Å²) >= 11 is 1.66. The zero-order chi connectivity index (χ0) is 13.9. The predicted molar refractivity (Wildman–Crippen MR) is 82.1 cm³/mol. The molecular weight excluding hydrogens is 270 g/mol. The molecule has 4 heteroatoms. The Labute approximate surface area is 122 Å². The molecule has 1 fully saturated rings. The molecule has 1 amide bonds. The Morgan fingerprint density at radius 3 is 2.45 bits per heavy atom. The molecule has 0 saturated carbocycles. The van der Waals surface area contributed by atoms with Gasteiger partial charge >= 0.3 is 0 Å². The number of carbonyl (C=O) groups is 1. The smallest absolute Gasteiger partial charge is 0.238 e. The minimum atomic E-state index is 0.0529. The third kappa shape index (κ3) is 2.39. The highest BCUT2D eigenvalue weighted by atomic mass is 32.2. The number of anilines is 1. The molecule has 2 aromatic rings. The summed E-state index contributed by atoms with van der Waals surface area (Å²) in [5, 5.41) is 0.0529. The number of hydrogen-bond acceptors (Lipinski definition) is 3. The number of thioether (sulfide) groups is 1. The molecule has 1 aliphatic heterocycles. The summed E-state index contributed by atoms with van der Waals surface area (Å²) in [7, 11) is 1.64. The second-order valence-corrected chi connectivity index (χ2v) is 5.60. The van der Waals surface area contributed by atoms with Crippen molar-refractivity contribution in [3.8, 4) is 5.75 Å². The molecule has 0 aliphatic carbocycles. The maximum absolute atomic E-state index is 12.2. The van der Waals surface area contributed by atoms with Gasteiger partial charge in [0.15, 0.2) is 0 Å². The fourth-order valence-corrected chi connectivity index (χ4v) is 3.49. The number of carbonyl (C=O) groups excluding carboxylic acids is 1. The van der Waals surface area contributed by atoms with Crippen LogP contribution in [0.5, 0.6) is 5.75 Å². The summed E-state index contributed by atoms with van der Waals surface area (Å²) in [6, 6.07) is 17.7. The zero-order valence-corrected chi connectivity index (χ0v) is 12.0. The van der Waals surface area contributed by atoms with Gasteiger partial charge in [0.25, 0.3) is 0 Å². The van der Waals surface area contributed by atoms with Crippen LogP contribution in [0.3, 0.4) is 0 Å². The fraction of sp³-hybridized carbons (Fsp3) is 0.188. The van der Waals surface area contributed by atoms with E-state index in [0.29, 0.717) is 5.75 Å². The Morgan fingerprint density at radius 2 is 1.80 bits per heavy atom. The first-order valence-electron chi connectivity index (χ1n) is 6.42. The van der Waals surface area contributed by atoms with Crippen molar-refractivity contribution in [2.24, 2.45) is 0 Å². The molecule has 1 aliphatic rings. The van der Waals surface area contributed by atoms with E-state index in [1.807, 2.05) is 47.4 Å². The highest BCUT2D eigenvalue weighted by molar-refractivity contribution is 8.00. The van der Waals surface area contributed by atoms with Crippen LogP contribution < -0.4 is 9.64 Å². The average Bonchev–Trinajstić information content (AvgIpc) is 2.90. The van der Waals surface area contributed by atoms with Crippen LogP contribution in [-0.2, 0) is 4.79 Å². The summed E-state index contributed by atoms with van der Waals surface area (Å²) in [4.78, 5) is 14.0. The second-order valence-electron chi connectivity index (χ2n) is 4.54. The van der Waals surface area contributed by atoms with Crippen molar-refractivity contribution in [3.63, 3.8) is 0 Å². The molecule has 0 unspecified atom stereocenters. The number of hydrogen-bond donors (Lipinski definition) is 0. The number of amides is 1. The summed E-state index contributed by atoms with van der Waals surface area (Å²) in [6.07, 6.45) is 0. The maximum atomic E-state index is 12.2. The van der Waals surface area contributed by atoms with Crippen LogP contribution in [0.1, 0.15) is 10.9 Å². The summed E-state index contributed by atoms with van der Waals surface area (Å²) < 4.78 is 5.16. The molecule has 102 valence electrons. The van der Waals surface area contributed by atoms with Crippen LogP contribution in [0.25, 0.3) is 0 Å². The number of methoxy groups -OCH3 is 1. The monoisotopic (exact) mass is 285 g/mol. The molecule has 0 bridgehead atoms. The van der Waals surface area contributed by atoms with Gasteiger partial charge in [0, 0.05) is 5.69 Å². The molecule has 1 saturated heterocycles. The highest BCUT2D eigenvalue weighted by Gasteiger charge is 2.33. The van der Waals surface area contributed by atoms with Gasteiger partial charge in [0.05, 0.1) is 12.9 Å². The van der Waals surface area contributed by atoms with Crippen LogP contribution in [-0.4, -0.2) is 18.8 Å². The van der Waals surface area contributed by atoms with Gasteiger partial charge < -0.3 is 4.74 Å². The van der Waals surface area contributed by atoms with Gasteiger partial charge in [0.1, 0.15) is 11.1 Å². The van der Waals surface area contributed by atoms with Gasteiger partial charge in [-0.2, -0.15) is 0 Å². The molecule has 0 radical (unpaired) electrons. The van der Waals surface area contributed by atoms with Gasteiger partial charge in [0.2, 0.25) is 5.91 Å². The van der Waals surface area contributed by atoms with Crippen molar-refractivity contribution in [2.45, 2.75) is 5.37 Å². The fourth-order valence-electron chi connectivity index (χ4n) is 2.31. The second kappa shape index (κ2) is 5.59. The average molecular weight is 285 g/mol. The highest BCUT2D eigenvalue weighted by Crippen LogP contribution is 2.41. The molecule has 20 heavy (non-hydrogen) atoms. The number of ether oxygens (including phenoxy) is 1. The minimum absolute atomic E-state index is 0.0529. The largest absolute Gasteiger partial charge is 0.497 e. The van der Waals surface area contributed by atoms with Crippen LogP contribution in [0.4, 0.5) is 5.69 Å². The van der Waals surface area contributed by atoms with E-state index in [-0.39, 0.29) is 11.3 Å². The Bertz CT molecular complexity index is 598. The van der Waals surface area contributed by atoms with Gasteiger partial charge in [-0.15, -0.1) is 11.8 Å². The summed E-state index contributed by atoms with van der Waals surface area (Å²) in [5.74, 6) is 1.46.